The predicted molar refractivity (Wildman–Crippen MR) is 73.0 cm³/mol. The van der Waals surface area contributed by atoms with Crippen LogP contribution in [-0.4, -0.2) is 7.11 Å². The minimum absolute atomic E-state index is 0.748. The Labute approximate surface area is 111 Å². The van der Waals surface area contributed by atoms with Crippen molar-refractivity contribution in [3.8, 4) is 11.8 Å². The number of benzene rings is 2. The lowest BCUT2D eigenvalue weighted by atomic mass is 10.1. The number of nitriles is 1. The van der Waals surface area contributed by atoms with Crippen molar-refractivity contribution in [2.45, 2.75) is 16.7 Å². The molecule has 0 amide bonds. The zero-order valence-corrected chi connectivity index (χ0v) is 11.1. The highest BCUT2D eigenvalue weighted by Gasteiger charge is 2.06. The molecule has 2 aromatic carbocycles. The zero-order valence-electron chi connectivity index (χ0n) is 10.3. The van der Waals surface area contributed by atoms with Crippen LogP contribution < -0.4 is 4.74 Å². The average molecular weight is 255 g/mol. The zero-order chi connectivity index (χ0) is 13.0. The number of methoxy groups -OCH3 is 1. The third-order valence-electron chi connectivity index (χ3n) is 2.63. The summed E-state index contributed by atoms with van der Waals surface area (Å²) >= 11 is 1.59. The Bertz CT molecular complexity index is 584. The van der Waals surface area contributed by atoms with Crippen LogP contribution in [-0.2, 0) is 0 Å². The summed E-state index contributed by atoms with van der Waals surface area (Å²) in [5, 5.41) is 9.18. The predicted octanol–water partition coefficient (Wildman–Crippen LogP) is 4.03. The summed E-state index contributed by atoms with van der Waals surface area (Å²) < 4.78 is 5.12. The fourth-order valence-corrected chi connectivity index (χ4v) is 2.62. The van der Waals surface area contributed by atoms with Crippen molar-refractivity contribution >= 4 is 11.8 Å². The third kappa shape index (κ3) is 2.66. The second-order valence-electron chi connectivity index (χ2n) is 3.84. The van der Waals surface area contributed by atoms with Crippen molar-refractivity contribution in [2.24, 2.45) is 0 Å². The number of rotatable bonds is 3. The smallest absolute Gasteiger partial charge is 0.118 e. The summed E-state index contributed by atoms with van der Waals surface area (Å²) in [5.74, 6) is 0.837. The molecule has 3 heteroatoms. The molecule has 18 heavy (non-hydrogen) atoms. The van der Waals surface area contributed by atoms with E-state index in [1.807, 2.05) is 49.4 Å². The van der Waals surface area contributed by atoms with Gasteiger partial charge in [0.2, 0.25) is 0 Å². The lowest BCUT2D eigenvalue weighted by Gasteiger charge is -2.06. The molecule has 0 aromatic heterocycles. The Morgan fingerprint density at radius 1 is 1.11 bits per heavy atom. The van der Waals surface area contributed by atoms with Crippen LogP contribution in [0.4, 0.5) is 0 Å². The van der Waals surface area contributed by atoms with Gasteiger partial charge >= 0.3 is 0 Å². The minimum Gasteiger partial charge on any atom is -0.497 e. The van der Waals surface area contributed by atoms with Gasteiger partial charge in [-0.1, -0.05) is 23.9 Å². The Hall–Kier alpha value is -1.92. The number of hydrogen-bond acceptors (Lipinski definition) is 3. The first kappa shape index (κ1) is 12.5. The normalized spacial score (nSPS) is 9.83. The molecule has 0 N–H and O–H groups in total. The van der Waals surface area contributed by atoms with Gasteiger partial charge in [-0.25, -0.2) is 0 Å². The van der Waals surface area contributed by atoms with Gasteiger partial charge in [0.05, 0.1) is 12.7 Å². The van der Waals surface area contributed by atoms with E-state index in [1.54, 1.807) is 18.9 Å². The van der Waals surface area contributed by atoms with Crippen LogP contribution in [0.1, 0.15) is 11.1 Å². The van der Waals surface area contributed by atoms with E-state index in [9.17, 15) is 5.26 Å². The molecular formula is C15H13NOS. The Balaban J connectivity index is 2.28. The van der Waals surface area contributed by atoms with Crippen LogP contribution in [0.2, 0.25) is 0 Å². The molecule has 0 spiro atoms. The van der Waals surface area contributed by atoms with Crippen molar-refractivity contribution in [3.63, 3.8) is 0 Å². The molecule has 0 saturated heterocycles. The molecule has 0 aliphatic carbocycles. The number of ether oxygens (including phenoxy) is 1. The fraction of sp³-hybridized carbons (Fsp3) is 0.133. The van der Waals surface area contributed by atoms with Crippen molar-refractivity contribution in [1.29, 1.82) is 5.26 Å². The molecule has 2 aromatic rings. The highest BCUT2D eigenvalue weighted by Crippen LogP contribution is 2.32. The first-order valence-electron chi connectivity index (χ1n) is 5.56. The molecule has 2 rings (SSSR count). The van der Waals surface area contributed by atoms with E-state index < -0.39 is 0 Å². The van der Waals surface area contributed by atoms with Gasteiger partial charge in [0.1, 0.15) is 11.8 Å². The van der Waals surface area contributed by atoms with E-state index in [-0.39, 0.29) is 0 Å². The summed E-state index contributed by atoms with van der Waals surface area (Å²) in [7, 11) is 1.65. The first-order valence-corrected chi connectivity index (χ1v) is 6.38. The molecular weight excluding hydrogens is 242 g/mol. The van der Waals surface area contributed by atoms with E-state index >= 15 is 0 Å². The summed E-state index contributed by atoms with van der Waals surface area (Å²) in [6.07, 6.45) is 0. The van der Waals surface area contributed by atoms with E-state index in [0.29, 0.717) is 0 Å². The lowest BCUT2D eigenvalue weighted by Crippen LogP contribution is -1.86. The second kappa shape index (κ2) is 5.61. The standard InChI is InChI=1S/C15H13NOS/c1-11-4-3-5-15(14(11)10-16)18-13-8-6-12(17-2)7-9-13/h3-9H,1-2H3. The van der Waals surface area contributed by atoms with Crippen LogP contribution in [0, 0.1) is 18.3 Å². The number of aryl methyl sites for hydroxylation is 1. The van der Waals surface area contributed by atoms with Crippen LogP contribution in [0.25, 0.3) is 0 Å². The molecule has 2 nitrogen and oxygen atoms in total. The van der Waals surface area contributed by atoms with Crippen LogP contribution in [0.3, 0.4) is 0 Å². The second-order valence-corrected chi connectivity index (χ2v) is 4.95. The van der Waals surface area contributed by atoms with E-state index in [0.717, 1.165) is 26.7 Å². The van der Waals surface area contributed by atoms with Gasteiger partial charge in [-0.15, -0.1) is 0 Å². The lowest BCUT2D eigenvalue weighted by molar-refractivity contribution is 0.414. The maximum atomic E-state index is 9.18. The summed E-state index contributed by atoms with van der Waals surface area (Å²) in [5.41, 5.74) is 1.76. The van der Waals surface area contributed by atoms with Gasteiger partial charge in [-0.2, -0.15) is 5.26 Å². The molecule has 0 aliphatic rings. The van der Waals surface area contributed by atoms with E-state index in [4.69, 9.17) is 4.74 Å². The molecule has 0 atom stereocenters. The molecule has 0 radical (unpaired) electrons. The topological polar surface area (TPSA) is 33.0 Å². The van der Waals surface area contributed by atoms with Crippen molar-refractivity contribution < 1.29 is 4.74 Å². The van der Waals surface area contributed by atoms with Gasteiger partial charge in [0.15, 0.2) is 0 Å². The largest absolute Gasteiger partial charge is 0.497 e. The Morgan fingerprint density at radius 3 is 2.44 bits per heavy atom. The molecule has 0 saturated carbocycles. The van der Waals surface area contributed by atoms with Crippen molar-refractivity contribution in [3.05, 3.63) is 53.6 Å². The molecule has 90 valence electrons. The van der Waals surface area contributed by atoms with Crippen molar-refractivity contribution in [1.82, 2.24) is 0 Å². The summed E-state index contributed by atoms with van der Waals surface area (Å²) in [6.45, 7) is 1.95. The highest BCUT2D eigenvalue weighted by atomic mass is 32.2. The molecule has 0 aliphatic heterocycles. The Morgan fingerprint density at radius 2 is 1.83 bits per heavy atom. The van der Waals surface area contributed by atoms with Crippen LogP contribution in [0.5, 0.6) is 5.75 Å². The molecule has 0 fully saturated rings. The molecule has 0 unspecified atom stereocenters. The number of nitrogens with zero attached hydrogens (tertiary/aromatic N) is 1. The molecule has 0 heterocycles. The first-order chi connectivity index (χ1) is 8.74. The van der Waals surface area contributed by atoms with Gasteiger partial charge in [-0.05, 0) is 42.8 Å². The number of hydrogen-bond donors (Lipinski definition) is 0. The molecule has 0 bridgehead atoms. The van der Waals surface area contributed by atoms with Gasteiger partial charge in [0.25, 0.3) is 0 Å². The average Bonchev–Trinajstić information content (AvgIpc) is 2.40. The van der Waals surface area contributed by atoms with Crippen LogP contribution in [0.15, 0.2) is 52.3 Å². The maximum absolute atomic E-state index is 9.18. The fourth-order valence-electron chi connectivity index (χ4n) is 1.64. The van der Waals surface area contributed by atoms with E-state index in [2.05, 4.69) is 6.07 Å². The monoisotopic (exact) mass is 255 g/mol. The third-order valence-corrected chi connectivity index (χ3v) is 3.70. The van der Waals surface area contributed by atoms with E-state index in [1.165, 1.54) is 0 Å². The van der Waals surface area contributed by atoms with Crippen molar-refractivity contribution in [2.75, 3.05) is 7.11 Å². The maximum Gasteiger partial charge on any atom is 0.118 e. The minimum atomic E-state index is 0.748. The summed E-state index contributed by atoms with van der Waals surface area (Å²) in [4.78, 5) is 2.08. The SMILES string of the molecule is COc1ccc(Sc2cccc(C)c2C#N)cc1. The highest BCUT2D eigenvalue weighted by molar-refractivity contribution is 7.99. The van der Waals surface area contributed by atoms with Gasteiger partial charge in [-0.3, -0.25) is 0 Å². The quantitative estimate of drug-likeness (QED) is 0.830. The Kier molecular flexibility index (Phi) is 3.91. The van der Waals surface area contributed by atoms with Gasteiger partial charge in [0, 0.05) is 9.79 Å². The van der Waals surface area contributed by atoms with Gasteiger partial charge < -0.3 is 4.74 Å². The van der Waals surface area contributed by atoms with Crippen LogP contribution >= 0.6 is 11.8 Å². The summed E-state index contributed by atoms with van der Waals surface area (Å²) in [6, 6.07) is 16.0.